The third-order valence-corrected chi connectivity index (χ3v) is 6.84. The Balaban J connectivity index is 1.54. The van der Waals surface area contributed by atoms with Crippen molar-refractivity contribution in [3.05, 3.63) is 51.3 Å². The van der Waals surface area contributed by atoms with Crippen LogP contribution in [0.4, 0.5) is 5.88 Å². The monoisotopic (exact) mass is 453 g/mol. The molecule has 0 unspecified atom stereocenters. The van der Waals surface area contributed by atoms with Crippen molar-refractivity contribution in [3.63, 3.8) is 0 Å². The Bertz CT molecular complexity index is 1080. The van der Waals surface area contributed by atoms with Gasteiger partial charge in [0.05, 0.1) is 26.0 Å². The molecule has 0 saturated heterocycles. The lowest BCUT2D eigenvalue weighted by atomic mass is 10.0. The highest BCUT2D eigenvalue weighted by molar-refractivity contribution is 7.89. The largest absolute Gasteiger partial charge is 0.493 e. The molecule has 0 fully saturated rings. The number of rotatable bonds is 9. The summed E-state index contributed by atoms with van der Waals surface area (Å²) >= 11 is 0. The molecule has 168 valence electrons. The van der Waals surface area contributed by atoms with Gasteiger partial charge < -0.3 is 19.2 Å². The molecule has 1 aromatic heterocycles. The van der Waals surface area contributed by atoms with Gasteiger partial charge in [-0.15, -0.1) is 0 Å². The van der Waals surface area contributed by atoms with E-state index in [1.54, 1.807) is 13.2 Å². The fourth-order valence-electron chi connectivity index (χ4n) is 3.32. The first-order valence-corrected chi connectivity index (χ1v) is 11.1. The van der Waals surface area contributed by atoms with Crippen LogP contribution in [0.2, 0.25) is 0 Å². The lowest BCUT2D eigenvalue weighted by Gasteiger charge is -2.29. The number of amides is 1. The van der Waals surface area contributed by atoms with E-state index in [1.807, 2.05) is 6.07 Å². The molecule has 0 radical (unpaired) electrons. The maximum absolute atomic E-state index is 12.7. The minimum Gasteiger partial charge on any atom is -0.493 e. The standard InChI is InChI=1S/C19H23N3O8S/c1-28-16-10-13-6-8-21(12-14(13)11-17(16)29-2)31(26,27)9-3-7-20-19(23)15-4-5-18(30-15)22(24)25/h4-5,10-11H,3,6-9,12H2,1-2H3,(H,20,23). The van der Waals surface area contributed by atoms with Crippen LogP contribution in [0.25, 0.3) is 0 Å². The molecular formula is C19H23N3O8S. The number of benzene rings is 1. The Morgan fingerprint density at radius 2 is 1.90 bits per heavy atom. The van der Waals surface area contributed by atoms with Gasteiger partial charge in [-0.25, -0.2) is 8.42 Å². The zero-order chi connectivity index (χ0) is 22.6. The molecule has 2 aromatic rings. The van der Waals surface area contributed by atoms with Crippen LogP contribution in [0.1, 0.15) is 28.1 Å². The number of hydrogen-bond acceptors (Lipinski definition) is 8. The Morgan fingerprint density at radius 3 is 2.52 bits per heavy atom. The summed E-state index contributed by atoms with van der Waals surface area (Å²) in [7, 11) is -0.458. The van der Waals surface area contributed by atoms with Crippen LogP contribution in [-0.2, 0) is 23.0 Å². The van der Waals surface area contributed by atoms with E-state index in [0.717, 1.165) is 17.2 Å². The van der Waals surface area contributed by atoms with E-state index in [0.29, 0.717) is 24.5 Å². The number of nitrogens with one attached hydrogen (secondary N) is 1. The van der Waals surface area contributed by atoms with Crippen LogP contribution in [0.15, 0.2) is 28.7 Å². The molecule has 1 N–H and O–H groups in total. The van der Waals surface area contributed by atoms with Crippen molar-refractivity contribution in [2.45, 2.75) is 19.4 Å². The topological polar surface area (TPSA) is 141 Å². The van der Waals surface area contributed by atoms with Gasteiger partial charge in [-0.1, -0.05) is 0 Å². The number of sulfonamides is 1. The van der Waals surface area contributed by atoms with Crippen molar-refractivity contribution in [2.24, 2.45) is 0 Å². The number of furan rings is 1. The minimum atomic E-state index is -3.53. The zero-order valence-electron chi connectivity index (χ0n) is 17.1. The maximum atomic E-state index is 12.7. The number of fused-ring (bicyclic) bond motifs is 1. The van der Waals surface area contributed by atoms with Crippen LogP contribution < -0.4 is 14.8 Å². The van der Waals surface area contributed by atoms with Crippen molar-refractivity contribution in [3.8, 4) is 11.5 Å². The lowest BCUT2D eigenvalue weighted by molar-refractivity contribution is -0.402. The first-order chi connectivity index (χ1) is 14.7. The van der Waals surface area contributed by atoms with Crippen LogP contribution in [0.3, 0.4) is 0 Å². The Hall–Kier alpha value is -3.12. The highest BCUT2D eigenvalue weighted by Crippen LogP contribution is 2.33. The average Bonchev–Trinajstić information content (AvgIpc) is 3.26. The smallest absolute Gasteiger partial charge is 0.433 e. The second-order valence-electron chi connectivity index (χ2n) is 6.88. The van der Waals surface area contributed by atoms with E-state index < -0.39 is 26.7 Å². The number of ether oxygens (including phenoxy) is 2. The summed E-state index contributed by atoms with van der Waals surface area (Å²) in [4.78, 5) is 21.8. The Kier molecular flexibility index (Phi) is 6.81. The summed E-state index contributed by atoms with van der Waals surface area (Å²) in [5.41, 5.74) is 1.88. The highest BCUT2D eigenvalue weighted by Gasteiger charge is 2.27. The number of methoxy groups -OCH3 is 2. The molecule has 3 rings (SSSR count). The van der Waals surface area contributed by atoms with Gasteiger partial charge in [0.15, 0.2) is 17.3 Å². The number of carbonyl (C=O) groups excluding carboxylic acids is 1. The van der Waals surface area contributed by atoms with Crippen molar-refractivity contribution in [2.75, 3.05) is 33.1 Å². The first-order valence-electron chi connectivity index (χ1n) is 9.49. The van der Waals surface area contributed by atoms with Crippen LogP contribution >= 0.6 is 0 Å². The van der Waals surface area contributed by atoms with E-state index in [-0.39, 0.29) is 31.0 Å². The molecule has 0 atom stereocenters. The predicted octanol–water partition coefficient (Wildman–Crippen LogP) is 1.71. The van der Waals surface area contributed by atoms with Gasteiger partial charge in [-0.3, -0.25) is 14.9 Å². The third-order valence-electron chi connectivity index (χ3n) is 4.94. The van der Waals surface area contributed by atoms with Gasteiger partial charge >= 0.3 is 5.88 Å². The zero-order valence-corrected chi connectivity index (χ0v) is 17.9. The molecule has 1 aliphatic rings. The van der Waals surface area contributed by atoms with Gasteiger partial charge in [-0.05, 0) is 42.2 Å². The van der Waals surface area contributed by atoms with Crippen molar-refractivity contribution in [1.29, 1.82) is 0 Å². The quantitative estimate of drug-likeness (QED) is 0.344. The van der Waals surface area contributed by atoms with E-state index in [9.17, 15) is 23.3 Å². The maximum Gasteiger partial charge on any atom is 0.433 e. The molecule has 12 heteroatoms. The van der Waals surface area contributed by atoms with Gasteiger partial charge in [0, 0.05) is 19.6 Å². The Labute approximate surface area is 179 Å². The van der Waals surface area contributed by atoms with E-state index in [1.165, 1.54) is 17.5 Å². The van der Waals surface area contributed by atoms with Gasteiger partial charge in [0.2, 0.25) is 10.0 Å². The van der Waals surface area contributed by atoms with Crippen LogP contribution in [0, 0.1) is 10.1 Å². The van der Waals surface area contributed by atoms with E-state index >= 15 is 0 Å². The van der Waals surface area contributed by atoms with Gasteiger partial charge in [0.25, 0.3) is 5.91 Å². The van der Waals surface area contributed by atoms with Crippen molar-refractivity contribution >= 4 is 21.8 Å². The molecule has 1 aromatic carbocycles. The van der Waals surface area contributed by atoms with Crippen molar-refractivity contribution in [1.82, 2.24) is 9.62 Å². The average molecular weight is 453 g/mol. The van der Waals surface area contributed by atoms with Crippen LogP contribution in [0.5, 0.6) is 11.5 Å². The Morgan fingerprint density at radius 1 is 1.23 bits per heavy atom. The number of hydrogen-bond donors (Lipinski definition) is 1. The van der Waals surface area contributed by atoms with Crippen LogP contribution in [-0.4, -0.2) is 56.6 Å². The SMILES string of the molecule is COc1cc2c(cc1OC)CN(S(=O)(=O)CCCNC(=O)c1ccc([N+](=O)[O-])o1)CC2. The highest BCUT2D eigenvalue weighted by atomic mass is 32.2. The van der Waals surface area contributed by atoms with E-state index in [2.05, 4.69) is 5.32 Å². The molecule has 0 spiro atoms. The molecular weight excluding hydrogens is 430 g/mol. The van der Waals surface area contributed by atoms with Gasteiger partial charge in [0.1, 0.15) is 4.92 Å². The number of nitro groups is 1. The lowest BCUT2D eigenvalue weighted by Crippen LogP contribution is -2.38. The fourth-order valence-corrected chi connectivity index (χ4v) is 4.79. The number of nitrogens with zero attached hydrogens (tertiary/aromatic N) is 2. The summed E-state index contributed by atoms with van der Waals surface area (Å²) in [6.07, 6.45) is 0.745. The predicted molar refractivity (Wildman–Crippen MR) is 110 cm³/mol. The number of carbonyl (C=O) groups is 1. The minimum absolute atomic E-state index is 0.0853. The normalized spacial score (nSPS) is 14.0. The summed E-state index contributed by atoms with van der Waals surface area (Å²) < 4.78 is 42.3. The molecule has 2 heterocycles. The molecule has 1 amide bonds. The summed E-state index contributed by atoms with van der Waals surface area (Å²) in [6, 6.07) is 5.93. The molecule has 0 bridgehead atoms. The van der Waals surface area contributed by atoms with Crippen molar-refractivity contribution < 1.29 is 32.0 Å². The first kappa shape index (κ1) is 22.6. The van der Waals surface area contributed by atoms with Gasteiger partial charge in [-0.2, -0.15) is 4.31 Å². The summed E-state index contributed by atoms with van der Waals surface area (Å²) in [5.74, 6) is -0.372. The molecule has 0 saturated carbocycles. The van der Waals surface area contributed by atoms with E-state index in [4.69, 9.17) is 13.9 Å². The molecule has 11 nitrogen and oxygen atoms in total. The molecule has 0 aliphatic carbocycles. The molecule has 31 heavy (non-hydrogen) atoms. The second kappa shape index (κ2) is 9.35. The second-order valence-corrected chi connectivity index (χ2v) is 8.97. The fraction of sp³-hybridized carbons (Fsp3) is 0.421. The third kappa shape index (κ3) is 5.14. The molecule has 1 aliphatic heterocycles. The summed E-state index contributed by atoms with van der Waals surface area (Å²) in [5, 5.41) is 13.1. The summed E-state index contributed by atoms with van der Waals surface area (Å²) in [6.45, 7) is 0.676.